The van der Waals surface area contributed by atoms with Gasteiger partial charge in [-0.2, -0.15) is 0 Å². The van der Waals surface area contributed by atoms with Crippen molar-refractivity contribution >= 4 is 5.97 Å². The summed E-state index contributed by atoms with van der Waals surface area (Å²) >= 11 is 0. The monoisotopic (exact) mass is 701 g/mol. The van der Waals surface area contributed by atoms with Crippen LogP contribution in [0.2, 0.25) is 0 Å². The zero-order valence-corrected chi connectivity index (χ0v) is 32.2. The molecule has 8 nitrogen and oxygen atoms in total. The first kappa shape index (κ1) is 46.3. The van der Waals surface area contributed by atoms with Crippen LogP contribution in [0, 0.1) is 5.92 Å². The first-order valence-corrected chi connectivity index (χ1v) is 20.9. The van der Waals surface area contributed by atoms with Gasteiger partial charge in [0.05, 0.1) is 13.2 Å². The topological polar surface area (TPSA) is 126 Å². The van der Waals surface area contributed by atoms with E-state index in [2.05, 4.69) is 20.8 Å². The number of carbonyl (C=O) groups is 1. The Labute approximate surface area is 301 Å². The minimum atomic E-state index is -1.49. The standard InChI is InChI=1S/C41H80O8/c1-4-6-8-10-12-14-16-17-19-21-23-25-27-29-36(42)49-35(33-48-41-39(45)37(43)38(44)40(41)46)32-47-31-30-34(3)28-26-24-22-20-18-15-13-11-9-7-5-2/h34-35,37-41,43-46H,4-33H2,1-3H3/t34?,35-,37+,38+,39-,40-/m0/s1. The van der Waals surface area contributed by atoms with Crippen molar-refractivity contribution in [3.8, 4) is 0 Å². The Balaban J connectivity index is 2.27. The van der Waals surface area contributed by atoms with E-state index in [0.29, 0.717) is 18.9 Å². The van der Waals surface area contributed by atoms with Crippen LogP contribution in [0.4, 0.5) is 0 Å². The zero-order chi connectivity index (χ0) is 36.0. The largest absolute Gasteiger partial charge is 0.457 e. The lowest BCUT2D eigenvalue weighted by atomic mass is 9.99. The van der Waals surface area contributed by atoms with Gasteiger partial charge in [-0.3, -0.25) is 4.79 Å². The Morgan fingerprint density at radius 3 is 1.39 bits per heavy atom. The predicted octanol–water partition coefficient (Wildman–Crippen LogP) is 8.97. The summed E-state index contributed by atoms with van der Waals surface area (Å²) in [7, 11) is 0. The van der Waals surface area contributed by atoms with Crippen molar-refractivity contribution in [2.45, 2.75) is 231 Å². The van der Waals surface area contributed by atoms with Crippen molar-refractivity contribution in [2.75, 3.05) is 19.8 Å². The van der Waals surface area contributed by atoms with Gasteiger partial charge in [-0.25, -0.2) is 0 Å². The fourth-order valence-corrected chi connectivity index (χ4v) is 6.86. The van der Waals surface area contributed by atoms with Crippen molar-refractivity contribution in [1.29, 1.82) is 0 Å². The third-order valence-corrected chi connectivity index (χ3v) is 10.3. The van der Waals surface area contributed by atoms with Crippen LogP contribution in [0.5, 0.6) is 0 Å². The summed E-state index contributed by atoms with van der Waals surface area (Å²) in [6, 6.07) is 0. The van der Waals surface area contributed by atoms with Gasteiger partial charge in [-0.1, -0.05) is 175 Å². The molecule has 0 aromatic carbocycles. The second kappa shape index (κ2) is 31.9. The van der Waals surface area contributed by atoms with E-state index >= 15 is 0 Å². The van der Waals surface area contributed by atoms with Gasteiger partial charge in [0.2, 0.25) is 0 Å². The fraction of sp³-hybridized carbons (Fsp3) is 0.976. The fourth-order valence-electron chi connectivity index (χ4n) is 6.86. The van der Waals surface area contributed by atoms with Crippen molar-refractivity contribution in [1.82, 2.24) is 0 Å². The van der Waals surface area contributed by atoms with E-state index < -0.39 is 36.6 Å². The van der Waals surface area contributed by atoms with Crippen LogP contribution >= 0.6 is 0 Å². The Kier molecular flexibility index (Phi) is 30.1. The summed E-state index contributed by atoms with van der Waals surface area (Å²) in [5, 5.41) is 40.2. The number of rotatable bonds is 35. The average molecular weight is 701 g/mol. The highest BCUT2D eigenvalue weighted by Crippen LogP contribution is 2.25. The summed E-state index contributed by atoms with van der Waals surface area (Å²) in [5.74, 6) is 0.246. The van der Waals surface area contributed by atoms with Crippen molar-refractivity contribution in [3.05, 3.63) is 0 Å². The van der Waals surface area contributed by atoms with Crippen molar-refractivity contribution in [3.63, 3.8) is 0 Å². The first-order valence-electron chi connectivity index (χ1n) is 20.9. The Morgan fingerprint density at radius 1 is 0.531 bits per heavy atom. The number of aliphatic hydroxyl groups excluding tert-OH is 4. The number of esters is 1. The molecule has 6 atom stereocenters. The lowest BCUT2D eigenvalue weighted by Gasteiger charge is -2.24. The molecule has 0 aromatic rings. The molecular weight excluding hydrogens is 620 g/mol. The number of aliphatic hydroxyl groups is 4. The van der Waals surface area contributed by atoms with Crippen molar-refractivity contribution in [2.24, 2.45) is 5.92 Å². The van der Waals surface area contributed by atoms with E-state index in [0.717, 1.165) is 25.7 Å². The minimum Gasteiger partial charge on any atom is -0.457 e. The maximum atomic E-state index is 12.7. The second-order valence-electron chi connectivity index (χ2n) is 15.2. The lowest BCUT2D eigenvalue weighted by molar-refractivity contribution is -0.163. The average Bonchev–Trinajstić information content (AvgIpc) is 3.27. The maximum absolute atomic E-state index is 12.7. The number of carbonyl (C=O) groups excluding carboxylic acids is 1. The Hall–Kier alpha value is -0.770. The Bertz CT molecular complexity index is 722. The van der Waals surface area contributed by atoms with Gasteiger partial charge in [0.25, 0.3) is 0 Å². The van der Waals surface area contributed by atoms with Gasteiger partial charge in [0.15, 0.2) is 0 Å². The molecule has 1 unspecified atom stereocenters. The molecule has 0 aromatic heterocycles. The number of hydrogen-bond donors (Lipinski definition) is 4. The first-order chi connectivity index (χ1) is 23.8. The summed E-state index contributed by atoms with van der Waals surface area (Å²) in [6.45, 7) is 7.38. The molecule has 4 N–H and O–H groups in total. The molecular formula is C41H80O8. The summed E-state index contributed by atoms with van der Waals surface area (Å²) in [5.41, 5.74) is 0. The van der Waals surface area contributed by atoms with Crippen LogP contribution in [0.3, 0.4) is 0 Å². The molecule has 8 heteroatoms. The summed E-state index contributed by atoms with van der Waals surface area (Å²) in [6.07, 6.45) is 25.7. The second-order valence-corrected chi connectivity index (χ2v) is 15.2. The highest BCUT2D eigenvalue weighted by atomic mass is 16.6. The quantitative estimate of drug-likeness (QED) is 0.0382. The SMILES string of the molecule is CCCCCCCCCCCCCCCC(=O)O[C@@H](COCCC(C)CCCCCCCCCCCCC)COC1[C@@H](O)[C@H](O)[C@@H](O)[C@@H]1O. The van der Waals surface area contributed by atoms with E-state index in [-0.39, 0.29) is 19.2 Å². The lowest BCUT2D eigenvalue weighted by Crippen LogP contribution is -2.39. The van der Waals surface area contributed by atoms with Crippen molar-refractivity contribution < 1.29 is 39.4 Å². The smallest absolute Gasteiger partial charge is 0.306 e. The molecule has 1 aliphatic carbocycles. The molecule has 0 aliphatic heterocycles. The van der Waals surface area contributed by atoms with Gasteiger partial charge in [0.1, 0.15) is 36.6 Å². The van der Waals surface area contributed by atoms with Crippen LogP contribution in [0.1, 0.15) is 194 Å². The third kappa shape index (κ3) is 24.2. The van der Waals surface area contributed by atoms with Gasteiger partial charge >= 0.3 is 5.97 Å². The van der Waals surface area contributed by atoms with Crippen LogP contribution < -0.4 is 0 Å². The van der Waals surface area contributed by atoms with Crippen LogP contribution in [-0.4, -0.2) is 82.8 Å². The Morgan fingerprint density at radius 2 is 0.939 bits per heavy atom. The van der Waals surface area contributed by atoms with Gasteiger partial charge in [0, 0.05) is 13.0 Å². The molecule has 0 radical (unpaired) electrons. The minimum absolute atomic E-state index is 0.100. The van der Waals surface area contributed by atoms with Crippen LogP contribution in [0.15, 0.2) is 0 Å². The summed E-state index contributed by atoms with van der Waals surface area (Å²) < 4.78 is 17.3. The van der Waals surface area contributed by atoms with E-state index in [4.69, 9.17) is 14.2 Å². The molecule has 49 heavy (non-hydrogen) atoms. The molecule has 1 fully saturated rings. The third-order valence-electron chi connectivity index (χ3n) is 10.3. The predicted molar refractivity (Wildman–Crippen MR) is 200 cm³/mol. The van der Waals surface area contributed by atoms with Gasteiger partial charge in [-0.05, 0) is 18.8 Å². The normalized spacial score (nSPS) is 21.0. The van der Waals surface area contributed by atoms with Gasteiger partial charge in [-0.15, -0.1) is 0 Å². The molecule has 0 spiro atoms. The van der Waals surface area contributed by atoms with Gasteiger partial charge < -0.3 is 34.6 Å². The maximum Gasteiger partial charge on any atom is 0.306 e. The number of ether oxygens (including phenoxy) is 3. The van der Waals surface area contributed by atoms with Crippen LogP contribution in [0.25, 0.3) is 0 Å². The summed E-state index contributed by atoms with van der Waals surface area (Å²) in [4.78, 5) is 12.7. The number of hydrogen-bond acceptors (Lipinski definition) is 8. The molecule has 0 bridgehead atoms. The molecule has 292 valence electrons. The molecule has 1 rings (SSSR count). The highest BCUT2D eigenvalue weighted by molar-refractivity contribution is 5.69. The molecule has 1 aliphatic rings. The van der Waals surface area contributed by atoms with E-state index in [1.54, 1.807) is 0 Å². The van der Waals surface area contributed by atoms with E-state index in [9.17, 15) is 25.2 Å². The highest BCUT2D eigenvalue weighted by Gasteiger charge is 2.49. The molecule has 0 saturated heterocycles. The van der Waals surface area contributed by atoms with E-state index in [1.165, 1.54) is 141 Å². The zero-order valence-electron chi connectivity index (χ0n) is 32.2. The molecule has 1 saturated carbocycles. The van der Waals surface area contributed by atoms with E-state index in [1.807, 2.05) is 0 Å². The number of unbranched alkanes of at least 4 members (excludes halogenated alkanes) is 22. The molecule has 0 heterocycles. The molecule has 0 amide bonds. The van der Waals surface area contributed by atoms with Crippen LogP contribution in [-0.2, 0) is 19.0 Å².